The summed E-state index contributed by atoms with van der Waals surface area (Å²) in [6, 6.07) is 9.82. The Bertz CT molecular complexity index is 747. The molecule has 26 heavy (non-hydrogen) atoms. The van der Waals surface area contributed by atoms with Crippen LogP contribution in [0.5, 0.6) is 0 Å². The summed E-state index contributed by atoms with van der Waals surface area (Å²) in [6.45, 7) is 7.55. The minimum Gasteiger partial charge on any atom is -0.507 e. The van der Waals surface area contributed by atoms with E-state index in [1.54, 1.807) is 0 Å². The molecule has 0 aromatic heterocycles. The second kappa shape index (κ2) is 7.05. The molecule has 1 aromatic carbocycles. The molecule has 1 aliphatic heterocycles. The third-order valence-corrected chi connectivity index (χ3v) is 5.43. The summed E-state index contributed by atoms with van der Waals surface area (Å²) in [6.07, 6.45) is 5.59. The van der Waals surface area contributed by atoms with Gasteiger partial charge in [0.1, 0.15) is 11.5 Å². The number of allylic oxidation sites excluding steroid dienone is 3. The average molecular weight is 356 g/mol. The molecule has 1 fully saturated rings. The van der Waals surface area contributed by atoms with Crippen molar-refractivity contribution in [2.24, 2.45) is 0 Å². The molecular formula is C21H26BFO3. The van der Waals surface area contributed by atoms with Crippen molar-refractivity contribution in [3.63, 3.8) is 0 Å². The first kappa shape index (κ1) is 18.9. The van der Waals surface area contributed by atoms with Crippen LogP contribution in [0.4, 0.5) is 4.39 Å². The zero-order valence-corrected chi connectivity index (χ0v) is 15.9. The molecule has 0 atom stereocenters. The summed E-state index contributed by atoms with van der Waals surface area (Å²) in [5, 5.41) is 10.6. The Hall–Kier alpha value is -1.85. The number of halogens is 1. The average Bonchev–Trinajstić information content (AvgIpc) is 2.80. The molecule has 1 heterocycles. The molecule has 138 valence electrons. The van der Waals surface area contributed by atoms with Crippen molar-refractivity contribution in [2.45, 2.75) is 58.2 Å². The Morgan fingerprint density at radius 3 is 2.31 bits per heavy atom. The first-order valence-corrected chi connectivity index (χ1v) is 9.10. The molecule has 1 aliphatic carbocycles. The van der Waals surface area contributed by atoms with Gasteiger partial charge in [-0.25, -0.2) is 4.39 Å². The topological polar surface area (TPSA) is 38.7 Å². The molecule has 0 amide bonds. The molecule has 0 spiro atoms. The van der Waals surface area contributed by atoms with Gasteiger partial charge < -0.3 is 14.4 Å². The maximum Gasteiger partial charge on any atom is 0.525 e. The fraction of sp³-hybridized carbons (Fsp3) is 0.429. The molecule has 1 aromatic rings. The second-order valence-corrected chi connectivity index (χ2v) is 7.93. The summed E-state index contributed by atoms with van der Waals surface area (Å²) in [7, 11) is -1.04. The zero-order chi connectivity index (χ0) is 18.9. The van der Waals surface area contributed by atoms with E-state index in [1.165, 1.54) is 6.08 Å². The van der Waals surface area contributed by atoms with E-state index < -0.39 is 24.0 Å². The van der Waals surface area contributed by atoms with Gasteiger partial charge in [-0.1, -0.05) is 30.3 Å². The summed E-state index contributed by atoms with van der Waals surface area (Å²) in [5.41, 5.74) is 0.743. The number of benzene rings is 1. The van der Waals surface area contributed by atoms with Gasteiger partial charge in [-0.2, -0.15) is 0 Å². The van der Waals surface area contributed by atoms with Crippen LogP contribution in [-0.2, 0) is 9.31 Å². The predicted molar refractivity (Wildman–Crippen MR) is 103 cm³/mol. The summed E-state index contributed by atoms with van der Waals surface area (Å²) in [5.74, 6) is 0.159. The van der Waals surface area contributed by atoms with Gasteiger partial charge >= 0.3 is 7.12 Å². The van der Waals surface area contributed by atoms with Crippen molar-refractivity contribution in [3.05, 3.63) is 64.6 Å². The Labute approximate surface area is 155 Å². The smallest absolute Gasteiger partial charge is 0.507 e. The standard InChI is InChI=1S/C21H26BFO3/c1-20(2)21(3,4)26-22(25-20)18(23)14-17-12-8-11-16(19(17)24)13-15-9-6-5-7-10-15/h5-7,9-10,13-14,24H,8,11-12H2,1-4H3/b16-13+,18-14?. The first-order valence-electron chi connectivity index (χ1n) is 9.10. The van der Waals surface area contributed by atoms with Gasteiger partial charge in [-0.05, 0) is 75.8 Å². The van der Waals surface area contributed by atoms with Crippen molar-refractivity contribution >= 4 is 13.2 Å². The number of rotatable bonds is 3. The van der Waals surface area contributed by atoms with Crippen LogP contribution in [0, 0.1) is 0 Å². The van der Waals surface area contributed by atoms with E-state index >= 15 is 0 Å². The number of hydrogen-bond acceptors (Lipinski definition) is 3. The van der Waals surface area contributed by atoms with E-state index in [0.29, 0.717) is 12.0 Å². The largest absolute Gasteiger partial charge is 0.525 e. The van der Waals surface area contributed by atoms with Gasteiger partial charge in [-0.15, -0.1) is 0 Å². The molecule has 1 saturated heterocycles. The van der Waals surface area contributed by atoms with E-state index in [1.807, 2.05) is 64.1 Å². The highest BCUT2D eigenvalue weighted by Gasteiger charge is 2.53. The molecule has 0 radical (unpaired) electrons. The maximum atomic E-state index is 14.8. The third-order valence-electron chi connectivity index (χ3n) is 5.43. The molecule has 0 bridgehead atoms. The van der Waals surface area contributed by atoms with Gasteiger partial charge in [0.25, 0.3) is 0 Å². The monoisotopic (exact) mass is 356 g/mol. The van der Waals surface area contributed by atoms with Crippen molar-refractivity contribution in [2.75, 3.05) is 0 Å². The SMILES string of the molecule is CC1(C)OB(C(F)=CC2=C(O)/C(=C/c3ccccc3)CCC2)OC1(C)C. The lowest BCUT2D eigenvalue weighted by atomic mass is 9.84. The van der Waals surface area contributed by atoms with Crippen LogP contribution in [0.2, 0.25) is 0 Å². The van der Waals surface area contributed by atoms with Crippen molar-refractivity contribution in [3.8, 4) is 0 Å². The van der Waals surface area contributed by atoms with Crippen molar-refractivity contribution in [1.82, 2.24) is 0 Å². The summed E-state index contributed by atoms with van der Waals surface area (Å²) in [4.78, 5) is 0. The predicted octanol–water partition coefficient (Wildman–Crippen LogP) is 5.55. The zero-order valence-electron chi connectivity index (χ0n) is 15.9. The van der Waals surface area contributed by atoms with Crippen LogP contribution in [0.15, 0.2) is 59.0 Å². The molecule has 5 heteroatoms. The first-order chi connectivity index (χ1) is 12.2. The molecule has 3 rings (SSSR count). The van der Waals surface area contributed by atoms with Gasteiger partial charge in [0, 0.05) is 0 Å². The number of hydrogen-bond donors (Lipinski definition) is 1. The lowest BCUT2D eigenvalue weighted by Crippen LogP contribution is -2.41. The van der Waals surface area contributed by atoms with E-state index in [2.05, 4.69) is 0 Å². The second-order valence-electron chi connectivity index (χ2n) is 7.93. The Balaban J connectivity index is 1.85. The molecule has 2 aliphatic rings. The number of aliphatic hydroxyl groups is 1. The molecular weight excluding hydrogens is 330 g/mol. The minimum absolute atomic E-state index is 0.159. The van der Waals surface area contributed by atoms with Gasteiger partial charge in [0.05, 0.1) is 11.2 Å². The number of aliphatic hydroxyl groups excluding tert-OH is 1. The van der Waals surface area contributed by atoms with Crippen LogP contribution in [0.25, 0.3) is 6.08 Å². The molecule has 1 N–H and O–H groups in total. The normalized spacial score (nSPS) is 24.4. The highest BCUT2D eigenvalue weighted by molar-refractivity contribution is 6.53. The highest BCUT2D eigenvalue weighted by atomic mass is 19.1. The fourth-order valence-corrected chi connectivity index (χ4v) is 3.13. The van der Waals surface area contributed by atoms with Crippen LogP contribution >= 0.6 is 0 Å². The Kier molecular flexibility index (Phi) is 5.13. The quantitative estimate of drug-likeness (QED) is 0.722. The molecule has 0 unspecified atom stereocenters. The van der Waals surface area contributed by atoms with Crippen molar-refractivity contribution in [1.29, 1.82) is 0 Å². The van der Waals surface area contributed by atoms with Crippen LogP contribution < -0.4 is 0 Å². The van der Waals surface area contributed by atoms with Crippen LogP contribution in [0.1, 0.15) is 52.5 Å². The lowest BCUT2D eigenvalue weighted by Gasteiger charge is -2.32. The fourth-order valence-electron chi connectivity index (χ4n) is 3.13. The maximum absolute atomic E-state index is 14.8. The lowest BCUT2D eigenvalue weighted by molar-refractivity contribution is 0.00578. The Morgan fingerprint density at radius 1 is 1.08 bits per heavy atom. The van der Waals surface area contributed by atoms with Gasteiger partial charge in [0.15, 0.2) is 0 Å². The molecule has 0 saturated carbocycles. The summed E-state index contributed by atoms with van der Waals surface area (Å²) >= 11 is 0. The van der Waals surface area contributed by atoms with Crippen molar-refractivity contribution < 1.29 is 18.8 Å². The minimum atomic E-state index is -1.04. The third kappa shape index (κ3) is 3.79. The van der Waals surface area contributed by atoms with E-state index in [0.717, 1.165) is 24.0 Å². The van der Waals surface area contributed by atoms with Gasteiger partial charge in [0.2, 0.25) is 0 Å². The van der Waals surface area contributed by atoms with Gasteiger partial charge in [-0.3, -0.25) is 0 Å². The van der Waals surface area contributed by atoms with E-state index in [9.17, 15) is 9.50 Å². The highest BCUT2D eigenvalue weighted by Crippen LogP contribution is 2.39. The Morgan fingerprint density at radius 2 is 1.69 bits per heavy atom. The molecule has 3 nitrogen and oxygen atoms in total. The van der Waals surface area contributed by atoms with Crippen LogP contribution in [0.3, 0.4) is 0 Å². The summed E-state index contributed by atoms with van der Waals surface area (Å²) < 4.78 is 26.2. The van der Waals surface area contributed by atoms with E-state index in [-0.39, 0.29) is 5.76 Å². The van der Waals surface area contributed by atoms with Crippen LogP contribution in [-0.4, -0.2) is 23.4 Å². The van der Waals surface area contributed by atoms with E-state index in [4.69, 9.17) is 9.31 Å².